The highest BCUT2D eigenvalue weighted by Gasteiger charge is 2.18. The minimum Gasteiger partial charge on any atom is -0.392 e. The predicted octanol–water partition coefficient (Wildman–Crippen LogP) is -0.0325. The van der Waals surface area contributed by atoms with Crippen LogP contribution in [-0.4, -0.2) is 34.8 Å². The lowest BCUT2D eigenvalue weighted by Crippen LogP contribution is -2.27. The van der Waals surface area contributed by atoms with Gasteiger partial charge in [-0.2, -0.15) is 5.10 Å². The van der Waals surface area contributed by atoms with Crippen LogP contribution in [0.2, 0.25) is 0 Å². The van der Waals surface area contributed by atoms with E-state index < -0.39 is 22.4 Å². The molecule has 0 amide bonds. The zero-order valence-electron chi connectivity index (χ0n) is 11.3. The number of aryl methyl sites for hydroxylation is 1. The summed E-state index contributed by atoms with van der Waals surface area (Å²) in [5, 5.41) is 13.2. The first-order valence-electron chi connectivity index (χ1n) is 6.16. The van der Waals surface area contributed by atoms with Gasteiger partial charge in [0.05, 0.1) is 11.5 Å². The Bertz CT molecular complexity index is 730. The van der Waals surface area contributed by atoms with E-state index in [1.807, 2.05) is 0 Å². The second-order valence-electron chi connectivity index (χ2n) is 4.39. The third-order valence-electron chi connectivity index (χ3n) is 2.78. The van der Waals surface area contributed by atoms with Crippen LogP contribution >= 0.6 is 0 Å². The van der Waals surface area contributed by atoms with Gasteiger partial charge in [-0.05, 0) is 17.7 Å². The largest absolute Gasteiger partial charge is 0.392 e. The van der Waals surface area contributed by atoms with Crippen molar-refractivity contribution in [3.63, 3.8) is 0 Å². The molecule has 0 radical (unpaired) electrons. The van der Waals surface area contributed by atoms with E-state index in [1.54, 1.807) is 7.05 Å². The van der Waals surface area contributed by atoms with Gasteiger partial charge in [-0.3, -0.25) is 4.68 Å². The standard InChI is InChI=1S/C12H15FN4O3S/c1-17-8-14-12(16-17)4-5-15-21(19,20)11-6-10(13)3-2-9(11)7-18/h2-3,6,8,15,18H,4-5,7H2,1H3. The fourth-order valence-corrected chi connectivity index (χ4v) is 3.05. The Morgan fingerprint density at radius 2 is 2.19 bits per heavy atom. The summed E-state index contributed by atoms with van der Waals surface area (Å²) in [5.74, 6) is -0.180. The number of benzene rings is 1. The van der Waals surface area contributed by atoms with Crippen LogP contribution < -0.4 is 4.72 Å². The molecule has 2 N–H and O–H groups in total. The van der Waals surface area contributed by atoms with E-state index in [4.69, 9.17) is 5.11 Å². The summed E-state index contributed by atoms with van der Waals surface area (Å²) in [6.07, 6.45) is 1.82. The number of hydrogen-bond donors (Lipinski definition) is 2. The lowest BCUT2D eigenvalue weighted by atomic mass is 10.2. The Kier molecular flexibility index (Phi) is 4.66. The van der Waals surface area contributed by atoms with Crippen molar-refractivity contribution in [3.8, 4) is 0 Å². The fourth-order valence-electron chi connectivity index (χ4n) is 1.78. The highest BCUT2D eigenvalue weighted by molar-refractivity contribution is 7.89. The van der Waals surface area contributed by atoms with Gasteiger partial charge in [-0.1, -0.05) is 6.07 Å². The van der Waals surface area contributed by atoms with Crippen molar-refractivity contribution in [1.82, 2.24) is 19.5 Å². The maximum atomic E-state index is 13.2. The molecule has 0 saturated heterocycles. The van der Waals surface area contributed by atoms with Crippen molar-refractivity contribution >= 4 is 10.0 Å². The molecule has 1 heterocycles. The molecule has 2 rings (SSSR count). The minimum atomic E-state index is -3.90. The van der Waals surface area contributed by atoms with Gasteiger partial charge in [0.25, 0.3) is 0 Å². The van der Waals surface area contributed by atoms with Crippen LogP contribution in [0, 0.1) is 5.82 Å². The van der Waals surface area contributed by atoms with Crippen LogP contribution in [0.3, 0.4) is 0 Å². The van der Waals surface area contributed by atoms with Crippen molar-refractivity contribution in [2.45, 2.75) is 17.9 Å². The summed E-state index contributed by atoms with van der Waals surface area (Å²) in [6, 6.07) is 3.22. The predicted molar refractivity (Wildman–Crippen MR) is 72.2 cm³/mol. The zero-order chi connectivity index (χ0) is 15.5. The average molecular weight is 314 g/mol. The van der Waals surface area contributed by atoms with Crippen LogP contribution in [0.25, 0.3) is 0 Å². The van der Waals surface area contributed by atoms with E-state index in [0.29, 0.717) is 12.2 Å². The topological polar surface area (TPSA) is 97.1 Å². The molecular weight excluding hydrogens is 299 g/mol. The summed E-state index contributed by atoms with van der Waals surface area (Å²) < 4.78 is 41.3. The molecule has 9 heteroatoms. The van der Waals surface area contributed by atoms with Gasteiger partial charge in [0, 0.05) is 20.0 Å². The van der Waals surface area contributed by atoms with E-state index >= 15 is 0 Å². The van der Waals surface area contributed by atoms with Crippen molar-refractivity contribution < 1.29 is 17.9 Å². The van der Waals surface area contributed by atoms with Crippen molar-refractivity contribution in [1.29, 1.82) is 0 Å². The van der Waals surface area contributed by atoms with Gasteiger partial charge in [-0.25, -0.2) is 22.5 Å². The molecule has 2 aromatic rings. The first kappa shape index (κ1) is 15.5. The molecule has 0 atom stereocenters. The molecule has 0 aliphatic carbocycles. The van der Waals surface area contributed by atoms with E-state index in [1.165, 1.54) is 17.1 Å². The van der Waals surface area contributed by atoms with Gasteiger partial charge in [0.1, 0.15) is 12.1 Å². The molecule has 0 aliphatic heterocycles. The van der Waals surface area contributed by atoms with Gasteiger partial charge in [0.15, 0.2) is 5.82 Å². The molecule has 0 saturated carbocycles. The molecule has 0 aliphatic rings. The number of sulfonamides is 1. The maximum Gasteiger partial charge on any atom is 0.241 e. The van der Waals surface area contributed by atoms with E-state index in [2.05, 4.69) is 14.8 Å². The molecule has 0 fully saturated rings. The Morgan fingerprint density at radius 3 is 2.81 bits per heavy atom. The van der Waals surface area contributed by atoms with Crippen molar-refractivity contribution in [2.75, 3.05) is 6.54 Å². The second-order valence-corrected chi connectivity index (χ2v) is 6.13. The van der Waals surface area contributed by atoms with E-state index in [0.717, 1.165) is 12.1 Å². The van der Waals surface area contributed by atoms with Crippen molar-refractivity contribution in [3.05, 3.63) is 41.7 Å². The molecule has 1 aromatic heterocycles. The lowest BCUT2D eigenvalue weighted by molar-refractivity contribution is 0.278. The Labute approximate surface area is 121 Å². The first-order valence-corrected chi connectivity index (χ1v) is 7.64. The Balaban J connectivity index is 2.09. The van der Waals surface area contributed by atoms with Crippen molar-refractivity contribution in [2.24, 2.45) is 7.05 Å². The average Bonchev–Trinajstić information content (AvgIpc) is 2.84. The normalized spacial score (nSPS) is 11.8. The van der Waals surface area contributed by atoms with Crippen LogP contribution in [0.5, 0.6) is 0 Å². The van der Waals surface area contributed by atoms with Gasteiger partial charge in [0.2, 0.25) is 10.0 Å². The third kappa shape index (κ3) is 3.84. The van der Waals surface area contributed by atoms with Gasteiger partial charge in [-0.15, -0.1) is 0 Å². The Morgan fingerprint density at radius 1 is 1.43 bits per heavy atom. The Hall–Kier alpha value is -1.84. The third-order valence-corrected chi connectivity index (χ3v) is 4.32. The molecule has 0 spiro atoms. The molecule has 21 heavy (non-hydrogen) atoms. The summed E-state index contributed by atoms with van der Waals surface area (Å²) in [4.78, 5) is 3.71. The monoisotopic (exact) mass is 314 g/mol. The number of nitrogens with zero attached hydrogens (tertiary/aromatic N) is 3. The van der Waals surface area contributed by atoms with Gasteiger partial charge < -0.3 is 5.11 Å². The van der Waals surface area contributed by atoms with Crippen LogP contribution in [-0.2, 0) is 30.1 Å². The molecule has 114 valence electrons. The first-order chi connectivity index (χ1) is 9.92. The second kappa shape index (κ2) is 6.29. The molecule has 7 nitrogen and oxygen atoms in total. The number of aliphatic hydroxyl groups excluding tert-OH is 1. The summed E-state index contributed by atoms with van der Waals surface area (Å²) in [5.41, 5.74) is 0.139. The van der Waals surface area contributed by atoms with Gasteiger partial charge >= 0.3 is 0 Å². The summed E-state index contributed by atoms with van der Waals surface area (Å²) in [7, 11) is -2.19. The lowest BCUT2D eigenvalue weighted by Gasteiger charge is -2.09. The number of hydrogen-bond acceptors (Lipinski definition) is 5. The van der Waals surface area contributed by atoms with Crippen LogP contribution in [0.4, 0.5) is 4.39 Å². The summed E-state index contributed by atoms with van der Waals surface area (Å²) >= 11 is 0. The SMILES string of the molecule is Cn1cnc(CCNS(=O)(=O)c2cc(F)ccc2CO)n1. The number of rotatable bonds is 6. The number of halogens is 1. The minimum absolute atomic E-state index is 0.0771. The molecule has 0 bridgehead atoms. The fraction of sp³-hybridized carbons (Fsp3) is 0.333. The number of aliphatic hydroxyl groups is 1. The van der Waals surface area contributed by atoms with E-state index in [-0.39, 0.29) is 17.0 Å². The smallest absolute Gasteiger partial charge is 0.241 e. The highest BCUT2D eigenvalue weighted by atomic mass is 32.2. The number of nitrogens with one attached hydrogen (secondary N) is 1. The summed E-state index contributed by atoms with van der Waals surface area (Å²) in [6.45, 7) is -0.411. The molecule has 1 aromatic carbocycles. The van der Waals surface area contributed by atoms with Crippen LogP contribution in [0.1, 0.15) is 11.4 Å². The molecular formula is C12H15FN4O3S. The highest BCUT2D eigenvalue weighted by Crippen LogP contribution is 2.17. The van der Waals surface area contributed by atoms with Crippen LogP contribution in [0.15, 0.2) is 29.4 Å². The number of aromatic nitrogens is 3. The zero-order valence-corrected chi connectivity index (χ0v) is 12.1. The maximum absolute atomic E-state index is 13.2. The van der Waals surface area contributed by atoms with E-state index in [9.17, 15) is 12.8 Å². The quantitative estimate of drug-likeness (QED) is 0.780. The molecule has 0 unspecified atom stereocenters.